The lowest BCUT2D eigenvalue weighted by atomic mass is 10.0. The molecule has 0 aromatic rings. The lowest BCUT2D eigenvalue weighted by Crippen LogP contribution is -2.42. The number of nitrogens with zero attached hydrogens (tertiary/aromatic N) is 2. The van der Waals surface area contributed by atoms with Crippen LogP contribution in [0.15, 0.2) is 0 Å². The monoisotopic (exact) mass is 181 g/mol. The molecule has 1 atom stereocenters. The normalized spacial score (nSPS) is 22.5. The second-order valence-corrected chi connectivity index (χ2v) is 3.89. The minimum absolute atomic E-state index is 0.172. The summed E-state index contributed by atoms with van der Waals surface area (Å²) in [4.78, 5) is 2.39. The fourth-order valence-corrected chi connectivity index (χ4v) is 1.83. The molecule has 0 radical (unpaired) electrons. The number of hydrogen-bond acceptors (Lipinski definition) is 3. The molecule has 0 amide bonds. The first-order chi connectivity index (χ1) is 6.26. The van der Waals surface area contributed by atoms with Gasteiger partial charge in [0.05, 0.1) is 12.0 Å². The van der Waals surface area contributed by atoms with Gasteiger partial charge in [-0.3, -0.25) is 0 Å². The number of piperidine rings is 1. The van der Waals surface area contributed by atoms with E-state index in [4.69, 9.17) is 5.26 Å². The molecule has 0 aromatic heterocycles. The largest absolute Gasteiger partial charge is 0.317 e. The fourth-order valence-electron chi connectivity index (χ4n) is 1.83. The number of likely N-dealkylation sites (tertiary alicyclic amines) is 1. The van der Waals surface area contributed by atoms with E-state index in [1.807, 2.05) is 14.0 Å². The van der Waals surface area contributed by atoms with Gasteiger partial charge in [0.2, 0.25) is 0 Å². The van der Waals surface area contributed by atoms with Crippen LogP contribution in [0.25, 0.3) is 0 Å². The van der Waals surface area contributed by atoms with Gasteiger partial charge in [0, 0.05) is 12.6 Å². The molecule has 1 rings (SSSR count). The summed E-state index contributed by atoms with van der Waals surface area (Å²) in [6.45, 7) is 5.20. The van der Waals surface area contributed by atoms with E-state index in [0.29, 0.717) is 6.04 Å². The van der Waals surface area contributed by atoms with Gasteiger partial charge < -0.3 is 10.2 Å². The van der Waals surface area contributed by atoms with Gasteiger partial charge >= 0.3 is 0 Å². The van der Waals surface area contributed by atoms with Crippen molar-refractivity contribution >= 4 is 0 Å². The second-order valence-electron chi connectivity index (χ2n) is 3.89. The van der Waals surface area contributed by atoms with Crippen molar-refractivity contribution in [2.75, 3.05) is 26.7 Å². The Bertz CT molecular complexity index is 177. The number of hydrogen-bond donors (Lipinski definition) is 1. The molecule has 0 bridgehead atoms. The third-order valence-corrected chi connectivity index (χ3v) is 2.75. The predicted molar refractivity (Wildman–Crippen MR) is 53.3 cm³/mol. The first-order valence-corrected chi connectivity index (χ1v) is 5.05. The summed E-state index contributed by atoms with van der Waals surface area (Å²) < 4.78 is 0. The molecule has 0 spiro atoms. The summed E-state index contributed by atoms with van der Waals surface area (Å²) in [5.41, 5.74) is 0. The quantitative estimate of drug-likeness (QED) is 0.701. The molecule has 1 saturated heterocycles. The average Bonchev–Trinajstić information content (AvgIpc) is 2.19. The lowest BCUT2D eigenvalue weighted by molar-refractivity contribution is 0.190. The summed E-state index contributed by atoms with van der Waals surface area (Å²) in [5.74, 6) is 0.172. The van der Waals surface area contributed by atoms with Crippen LogP contribution < -0.4 is 5.32 Å². The second kappa shape index (κ2) is 5.21. The van der Waals surface area contributed by atoms with Crippen LogP contribution in [-0.2, 0) is 0 Å². The lowest BCUT2D eigenvalue weighted by Gasteiger charge is -2.32. The molecule has 74 valence electrons. The smallest absolute Gasteiger partial charge is 0.0666 e. The van der Waals surface area contributed by atoms with E-state index in [1.165, 1.54) is 12.8 Å². The molecule has 0 aliphatic carbocycles. The number of nitrogens with one attached hydrogen (secondary N) is 1. The Kier molecular flexibility index (Phi) is 4.20. The van der Waals surface area contributed by atoms with E-state index in [-0.39, 0.29) is 5.92 Å². The van der Waals surface area contributed by atoms with E-state index in [2.05, 4.69) is 16.3 Å². The maximum absolute atomic E-state index is 8.67. The van der Waals surface area contributed by atoms with Crippen LogP contribution in [-0.4, -0.2) is 37.6 Å². The Labute approximate surface area is 80.7 Å². The van der Waals surface area contributed by atoms with Gasteiger partial charge in [-0.2, -0.15) is 5.26 Å². The van der Waals surface area contributed by atoms with Gasteiger partial charge in [-0.25, -0.2) is 0 Å². The molecular weight excluding hydrogens is 162 g/mol. The van der Waals surface area contributed by atoms with Crippen LogP contribution >= 0.6 is 0 Å². The molecule has 3 heteroatoms. The van der Waals surface area contributed by atoms with Crippen LogP contribution in [0.4, 0.5) is 0 Å². The van der Waals surface area contributed by atoms with E-state index < -0.39 is 0 Å². The highest BCUT2D eigenvalue weighted by Crippen LogP contribution is 2.11. The Hall–Kier alpha value is -0.590. The van der Waals surface area contributed by atoms with E-state index >= 15 is 0 Å². The van der Waals surface area contributed by atoms with Crippen molar-refractivity contribution < 1.29 is 0 Å². The van der Waals surface area contributed by atoms with Crippen molar-refractivity contribution in [1.82, 2.24) is 10.2 Å². The zero-order valence-electron chi connectivity index (χ0n) is 8.58. The molecular formula is C10H19N3. The van der Waals surface area contributed by atoms with Gasteiger partial charge in [-0.15, -0.1) is 0 Å². The summed E-state index contributed by atoms with van der Waals surface area (Å²) in [6, 6.07) is 2.97. The zero-order chi connectivity index (χ0) is 9.68. The Morgan fingerprint density at radius 2 is 2.15 bits per heavy atom. The molecule has 1 unspecified atom stereocenters. The summed E-state index contributed by atoms with van der Waals surface area (Å²) in [5, 5.41) is 12.0. The maximum Gasteiger partial charge on any atom is 0.0666 e. The van der Waals surface area contributed by atoms with Crippen LogP contribution in [0.3, 0.4) is 0 Å². The molecule has 1 aliphatic rings. The van der Waals surface area contributed by atoms with Crippen molar-refractivity contribution in [3.8, 4) is 6.07 Å². The number of nitriles is 1. The van der Waals surface area contributed by atoms with E-state index in [9.17, 15) is 0 Å². The third kappa shape index (κ3) is 3.33. The standard InChI is InChI=1S/C10H19N3/c1-9(7-11)8-13-5-3-10(12-2)4-6-13/h9-10,12H,3-6,8H2,1-2H3. The Morgan fingerprint density at radius 3 is 2.62 bits per heavy atom. The van der Waals surface area contributed by atoms with Crippen LogP contribution in [0.2, 0.25) is 0 Å². The first-order valence-electron chi connectivity index (χ1n) is 5.05. The molecule has 0 aromatic carbocycles. The maximum atomic E-state index is 8.67. The molecule has 0 saturated carbocycles. The Morgan fingerprint density at radius 1 is 1.54 bits per heavy atom. The highest BCUT2D eigenvalue weighted by atomic mass is 15.1. The van der Waals surface area contributed by atoms with Crippen LogP contribution in [0, 0.1) is 17.2 Å². The van der Waals surface area contributed by atoms with Crippen LogP contribution in [0.1, 0.15) is 19.8 Å². The van der Waals surface area contributed by atoms with Crippen molar-refractivity contribution in [2.45, 2.75) is 25.8 Å². The first kappa shape index (κ1) is 10.5. The molecule has 1 fully saturated rings. The topological polar surface area (TPSA) is 39.1 Å². The van der Waals surface area contributed by atoms with Crippen LogP contribution in [0.5, 0.6) is 0 Å². The van der Waals surface area contributed by atoms with E-state index in [1.54, 1.807) is 0 Å². The summed E-state index contributed by atoms with van der Waals surface area (Å²) >= 11 is 0. The van der Waals surface area contributed by atoms with Crippen molar-refractivity contribution in [3.05, 3.63) is 0 Å². The summed E-state index contributed by atoms with van der Waals surface area (Å²) in [7, 11) is 2.03. The highest BCUT2D eigenvalue weighted by molar-refractivity contribution is 4.84. The van der Waals surface area contributed by atoms with Crippen molar-refractivity contribution in [1.29, 1.82) is 5.26 Å². The van der Waals surface area contributed by atoms with Gasteiger partial charge in [0.15, 0.2) is 0 Å². The SMILES string of the molecule is CNC1CCN(CC(C)C#N)CC1. The molecule has 3 nitrogen and oxygen atoms in total. The molecule has 13 heavy (non-hydrogen) atoms. The van der Waals surface area contributed by atoms with Gasteiger partial charge in [-0.1, -0.05) is 0 Å². The van der Waals surface area contributed by atoms with Crippen molar-refractivity contribution in [3.63, 3.8) is 0 Å². The van der Waals surface area contributed by atoms with Gasteiger partial charge in [-0.05, 0) is 39.9 Å². The van der Waals surface area contributed by atoms with E-state index in [0.717, 1.165) is 19.6 Å². The number of rotatable bonds is 3. The minimum Gasteiger partial charge on any atom is -0.317 e. The molecule has 1 heterocycles. The molecule has 1 N–H and O–H groups in total. The third-order valence-electron chi connectivity index (χ3n) is 2.75. The highest BCUT2D eigenvalue weighted by Gasteiger charge is 2.18. The summed E-state index contributed by atoms with van der Waals surface area (Å²) in [6.07, 6.45) is 2.43. The Balaban J connectivity index is 2.22. The van der Waals surface area contributed by atoms with Crippen molar-refractivity contribution in [2.24, 2.45) is 5.92 Å². The minimum atomic E-state index is 0.172. The average molecular weight is 181 g/mol. The van der Waals surface area contributed by atoms with Gasteiger partial charge in [0.1, 0.15) is 0 Å². The molecule has 1 aliphatic heterocycles. The van der Waals surface area contributed by atoms with Gasteiger partial charge in [0.25, 0.3) is 0 Å². The fraction of sp³-hybridized carbons (Fsp3) is 0.900. The zero-order valence-corrected chi connectivity index (χ0v) is 8.58. The predicted octanol–water partition coefficient (Wildman–Crippen LogP) is 0.830.